The maximum Gasteiger partial charge on any atom is 0.337 e. The fourth-order valence-corrected chi connectivity index (χ4v) is 2.54. The largest absolute Gasteiger partial charge is 0.481 e. The van der Waals surface area contributed by atoms with Crippen molar-refractivity contribution >= 4 is 17.6 Å². The van der Waals surface area contributed by atoms with Gasteiger partial charge in [-0.15, -0.1) is 0 Å². The highest BCUT2D eigenvalue weighted by Gasteiger charge is 2.18. The van der Waals surface area contributed by atoms with Crippen molar-refractivity contribution in [2.24, 2.45) is 0 Å². The molecule has 0 aromatic heterocycles. The number of methoxy groups -OCH3 is 1. The maximum absolute atomic E-state index is 12.5. The Morgan fingerprint density at radius 3 is 2.31 bits per heavy atom. The van der Waals surface area contributed by atoms with Gasteiger partial charge in [0.15, 0.2) is 6.10 Å². The Labute approximate surface area is 154 Å². The van der Waals surface area contributed by atoms with Gasteiger partial charge in [0.2, 0.25) is 0 Å². The summed E-state index contributed by atoms with van der Waals surface area (Å²) in [5, 5.41) is 2.95. The predicted molar refractivity (Wildman–Crippen MR) is 102 cm³/mol. The van der Waals surface area contributed by atoms with Crippen LogP contribution in [0.2, 0.25) is 0 Å². The van der Waals surface area contributed by atoms with Gasteiger partial charge in [0.05, 0.1) is 12.7 Å². The first-order valence-corrected chi connectivity index (χ1v) is 8.71. The lowest BCUT2D eigenvalue weighted by atomic mass is 9.97. The monoisotopic (exact) mass is 355 g/mol. The Hall–Kier alpha value is -2.82. The van der Waals surface area contributed by atoms with Crippen LogP contribution in [0.15, 0.2) is 48.5 Å². The fourth-order valence-electron chi connectivity index (χ4n) is 2.54. The van der Waals surface area contributed by atoms with Crippen LogP contribution in [-0.4, -0.2) is 25.1 Å². The topological polar surface area (TPSA) is 64.6 Å². The maximum atomic E-state index is 12.5. The summed E-state index contributed by atoms with van der Waals surface area (Å²) in [5.74, 6) is 0.228. The fraction of sp³-hybridized carbons (Fsp3) is 0.333. The van der Waals surface area contributed by atoms with Gasteiger partial charge < -0.3 is 14.8 Å². The van der Waals surface area contributed by atoms with Gasteiger partial charge in [-0.1, -0.05) is 32.0 Å². The molecule has 5 heteroatoms. The Kier molecular flexibility index (Phi) is 6.78. The normalized spacial score (nSPS) is 12.8. The van der Waals surface area contributed by atoms with Gasteiger partial charge in [-0.2, -0.15) is 0 Å². The summed E-state index contributed by atoms with van der Waals surface area (Å²) in [4.78, 5) is 23.9. The van der Waals surface area contributed by atoms with E-state index in [0.29, 0.717) is 17.2 Å². The molecule has 2 rings (SSSR count). The summed E-state index contributed by atoms with van der Waals surface area (Å²) in [6.07, 6.45) is 0.315. The summed E-state index contributed by atoms with van der Waals surface area (Å²) >= 11 is 0. The average molecular weight is 355 g/mol. The third-order valence-electron chi connectivity index (χ3n) is 4.32. The van der Waals surface area contributed by atoms with Crippen molar-refractivity contribution in [3.63, 3.8) is 0 Å². The van der Waals surface area contributed by atoms with Gasteiger partial charge in [-0.3, -0.25) is 4.79 Å². The molecule has 2 aromatic rings. The lowest BCUT2D eigenvalue weighted by molar-refractivity contribution is -0.122. The Morgan fingerprint density at radius 2 is 1.69 bits per heavy atom. The van der Waals surface area contributed by atoms with Crippen molar-refractivity contribution in [1.82, 2.24) is 0 Å². The summed E-state index contributed by atoms with van der Waals surface area (Å²) in [7, 11) is 1.33. The highest BCUT2D eigenvalue weighted by Crippen LogP contribution is 2.26. The van der Waals surface area contributed by atoms with Crippen LogP contribution >= 0.6 is 0 Å². The molecule has 1 N–H and O–H groups in total. The standard InChI is InChI=1S/C21H25NO4/c1-5-14(2)18-8-6-7-9-19(18)22-20(23)15(3)26-17-12-10-16(11-13-17)21(24)25-4/h6-15H,5H2,1-4H3,(H,22,23)/t14-,15-/m1/s1. The molecular weight excluding hydrogens is 330 g/mol. The third-order valence-corrected chi connectivity index (χ3v) is 4.32. The van der Waals surface area contributed by atoms with E-state index in [4.69, 9.17) is 4.74 Å². The number of amides is 1. The van der Waals surface area contributed by atoms with E-state index in [1.165, 1.54) is 7.11 Å². The molecular formula is C21H25NO4. The first kappa shape index (κ1) is 19.5. The molecule has 0 fully saturated rings. The minimum absolute atomic E-state index is 0.224. The van der Waals surface area contributed by atoms with Crippen LogP contribution < -0.4 is 10.1 Å². The number of nitrogens with one attached hydrogen (secondary N) is 1. The first-order valence-electron chi connectivity index (χ1n) is 8.71. The van der Waals surface area contributed by atoms with Crippen molar-refractivity contribution in [3.05, 3.63) is 59.7 Å². The van der Waals surface area contributed by atoms with E-state index in [2.05, 4.69) is 23.9 Å². The van der Waals surface area contributed by atoms with Gasteiger partial charge in [-0.05, 0) is 55.2 Å². The molecule has 0 aliphatic carbocycles. The molecule has 0 bridgehead atoms. The number of esters is 1. The first-order chi connectivity index (χ1) is 12.5. The van der Waals surface area contributed by atoms with E-state index in [-0.39, 0.29) is 5.91 Å². The van der Waals surface area contributed by atoms with Crippen LogP contribution in [0.3, 0.4) is 0 Å². The van der Waals surface area contributed by atoms with Crippen LogP contribution in [0.1, 0.15) is 49.0 Å². The molecule has 1 amide bonds. The lowest BCUT2D eigenvalue weighted by Crippen LogP contribution is -2.30. The molecule has 0 radical (unpaired) electrons. The smallest absolute Gasteiger partial charge is 0.337 e. The molecule has 0 spiro atoms. The Balaban J connectivity index is 2.03. The van der Waals surface area contributed by atoms with Gasteiger partial charge >= 0.3 is 5.97 Å². The minimum Gasteiger partial charge on any atom is -0.481 e. The molecule has 0 aliphatic rings. The lowest BCUT2D eigenvalue weighted by Gasteiger charge is -2.18. The number of ether oxygens (including phenoxy) is 2. The van der Waals surface area contributed by atoms with Crippen molar-refractivity contribution < 1.29 is 19.1 Å². The van der Waals surface area contributed by atoms with Crippen LogP contribution in [0.4, 0.5) is 5.69 Å². The minimum atomic E-state index is -0.677. The SMILES string of the molecule is CC[C@@H](C)c1ccccc1NC(=O)[C@@H](C)Oc1ccc(C(=O)OC)cc1. The van der Waals surface area contributed by atoms with E-state index in [9.17, 15) is 9.59 Å². The van der Waals surface area contributed by atoms with Gasteiger partial charge in [0.25, 0.3) is 5.91 Å². The summed E-state index contributed by atoms with van der Waals surface area (Å²) in [5.41, 5.74) is 2.35. The molecule has 0 saturated carbocycles. The predicted octanol–water partition coefficient (Wildman–Crippen LogP) is 4.39. The van der Waals surface area contributed by atoms with Gasteiger partial charge in [-0.25, -0.2) is 4.79 Å². The zero-order valence-electron chi connectivity index (χ0n) is 15.6. The highest BCUT2D eigenvalue weighted by atomic mass is 16.5. The zero-order valence-corrected chi connectivity index (χ0v) is 15.6. The van der Waals surface area contributed by atoms with Crippen molar-refractivity contribution in [3.8, 4) is 5.75 Å². The average Bonchev–Trinajstić information content (AvgIpc) is 2.67. The number of anilines is 1. The number of hydrogen-bond acceptors (Lipinski definition) is 4. The molecule has 0 saturated heterocycles. The van der Waals surface area contributed by atoms with E-state index in [1.807, 2.05) is 24.3 Å². The van der Waals surface area contributed by atoms with Crippen LogP contribution in [-0.2, 0) is 9.53 Å². The highest BCUT2D eigenvalue weighted by molar-refractivity contribution is 5.95. The van der Waals surface area contributed by atoms with Gasteiger partial charge in [0.1, 0.15) is 5.75 Å². The number of carbonyl (C=O) groups excluding carboxylic acids is 2. The number of para-hydroxylation sites is 1. The van der Waals surface area contributed by atoms with E-state index < -0.39 is 12.1 Å². The Bertz CT molecular complexity index is 755. The molecule has 0 unspecified atom stereocenters. The molecule has 26 heavy (non-hydrogen) atoms. The summed E-state index contributed by atoms with van der Waals surface area (Å²) in [6, 6.07) is 14.3. The number of carbonyl (C=O) groups is 2. The quantitative estimate of drug-likeness (QED) is 0.748. The third kappa shape index (κ3) is 4.85. The summed E-state index contributed by atoms with van der Waals surface area (Å²) in [6.45, 7) is 5.94. The van der Waals surface area contributed by atoms with Crippen molar-refractivity contribution in [2.75, 3.05) is 12.4 Å². The molecule has 5 nitrogen and oxygen atoms in total. The van der Waals surface area contributed by atoms with Crippen molar-refractivity contribution in [1.29, 1.82) is 0 Å². The van der Waals surface area contributed by atoms with Crippen LogP contribution in [0, 0.1) is 0 Å². The molecule has 0 aliphatic heterocycles. The van der Waals surface area contributed by atoms with E-state index in [0.717, 1.165) is 17.7 Å². The van der Waals surface area contributed by atoms with E-state index >= 15 is 0 Å². The second kappa shape index (κ2) is 9.04. The van der Waals surface area contributed by atoms with Gasteiger partial charge in [0, 0.05) is 5.69 Å². The molecule has 2 aromatic carbocycles. The summed E-state index contributed by atoms with van der Waals surface area (Å²) < 4.78 is 10.3. The zero-order chi connectivity index (χ0) is 19.1. The van der Waals surface area contributed by atoms with Crippen LogP contribution in [0.25, 0.3) is 0 Å². The van der Waals surface area contributed by atoms with E-state index in [1.54, 1.807) is 31.2 Å². The second-order valence-electron chi connectivity index (χ2n) is 6.16. The number of benzene rings is 2. The molecule has 0 heterocycles. The van der Waals surface area contributed by atoms with Crippen molar-refractivity contribution in [2.45, 2.75) is 39.2 Å². The molecule has 2 atom stereocenters. The molecule has 138 valence electrons. The van der Waals surface area contributed by atoms with Crippen LogP contribution in [0.5, 0.6) is 5.75 Å². The Morgan fingerprint density at radius 1 is 1.04 bits per heavy atom. The number of rotatable bonds is 7. The number of hydrogen-bond donors (Lipinski definition) is 1. The second-order valence-corrected chi connectivity index (χ2v) is 6.16.